The Balaban J connectivity index is 1.17. The minimum Gasteiger partial charge on any atom is -0.497 e. The molecule has 1 aromatic heterocycles. The maximum Gasteiger partial charge on any atom is 0.257 e. The van der Waals surface area contributed by atoms with Crippen LogP contribution in [0.25, 0.3) is 5.69 Å². The number of carbonyl (C=O) groups is 3. The summed E-state index contributed by atoms with van der Waals surface area (Å²) >= 11 is 0. The standard InChI is InChI=1S/C26H28N6O4/c1-26-13-12-24(34)32(26)22-10-4-3-9-21(22)25(35)30(26)14-6-11-23(33)27-16-18-17-31(29-28-18)19-7-5-8-20(15-19)36-2/h3-5,7-10,15,17H,6,11-14,16H2,1-2H3,(H,27,33)/t26-/m0/s1. The number of para-hydroxylation sites is 1. The second kappa shape index (κ2) is 9.44. The first-order valence-corrected chi connectivity index (χ1v) is 12.0. The summed E-state index contributed by atoms with van der Waals surface area (Å²) in [6.07, 6.45) is 3.45. The maximum absolute atomic E-state index is 13.3. The van der Waals surface area contributed by atoms with Crippen LogP contribution >= 0.6 is 0 Å². The molecule has 10 heteroatoms. The van der Waals surface area contributed by atoms with Crippen molar-refractivity contribution in [2.45, 2.75) is 44.8 Å². The van der Waals surface area contributed by atoms with E-state index in [-0.39, 0.29) is 30.7 Å². The van der Waals surface area contributed by atoms with Crippen molar-refractivity contribution in [2.24, 2.45) is 0 Å². The van der Waals surface area contributed by atoms with Gasteiger partial charge in [-0.2, -0.15) is 0 Å². The van der Waals surface area contributed by atoms with Gasteiger partial charge in [0.15, 0.2) is 0 Å². The fraction of sp³-hybridized carbons (Fsp3) is 0.346. The van der Waals surface area contributed by atoms with Gasteiger partial charge in [0, 0.05) is 25.5 Å². The highest BCUT2D eigenvalue weighted by atomic mass is 16.5. The quantitative estimate of drug-likeness (QED) is 0.522. The first-order valence-electron chi connectivity index (χ1n) is 12.0. The summed E-state index contributed by atoms with van der Waals surface area (Å²) in [4.78, 5) is 41.9. The number of methoxy groups -OCH3 is 1. The predicted octanol–water partition coefficient (Wildman–Crippen LogP) is 2.67. The van der Waals surface area contributed by atoms with E-state index in [9.17, 15) is 14.4 Å². The molecule has 1 N–H and O–H groups in total. The molecule has 1 fully saturated rings. The van der Waals surface area contributed by atoms with E-state index in [2.05, 4.69) is 15.6 Å². The van der Waals surface area contributed by atoms with Gasteiger partial charge in [0.25, 0.3) is 5.91 Å². The molecule has 36 heavy (non-hydrogen) atoms. The number of amides is 3. The second-order valence-electron chi connectivity index (χ2n) is 9.16. The van der Waals surface area contributed by atoms with Crippen molar-refractivity contribution in [3.05, 3.63) is 66.0 Å². The lowest BCUT2D eigenvalue weighted by Gasteiger charge is -2.48. The number of hydrogen-bond acceptors (Lipinski definition) is 6. The van der Waals surface area contributed by atoms with Crippen LogP contribution in [-0.2, 0) is 16.1 Å². The molecular weight excluding hydrogens is 460 g/mol. The van der Waals surface area contributed by atoms with Crippen LogP contribution in [0.3, 0.4) is 0 Å². The molecule has 1 saturated heterocycles. The van der Waals surface area contributed by atoms with Gasteiger partial charge >= 0.3 is 0 Å². The Morgan fingerprint density at radius 1 is 1.17 bits per heavy atom. The first-order chi connectivity index (χ1) is 17.4. The van der Waals surface area contributed by atoms with Crippen molar-refractivity contribution in [3.63, 3.8) is 0 Å². The van der Waals surface area contributed by atoms with E-state index in [0.717, 1.165) is 5.69 Å². The van der Waals surface area contributed by atoms with Gasteiger partial charge in [-0.1, -0.05) is 23.4 Å². The van der Waals surface area contributed by atoms with Crippen molar-refractivity contribution in [1.82, 2.24) is 25.2 Å². The van der Waals surface area contributed by atoms with Gasteiger partial charge < -0.3 is 15.0 Å². The van der Waals surface area contributed by atoms with Crippen LogP contribution in [0.4, 0.5) is 5.69 Å². The van der Waals surface area contributed by atoms with Crippen LogP contribution in [0.2, 0.25) is 0 Å². The van der Waals surface area contributed by atoms with Crippen LogP contribution in [-0.4, -0.2) is 56.9 Å². The number of fused-ring (bicyclic) bond motifs is 3. The average molecular weight is 489 g/mol. The molecule has 3 aromatic rings. The average Bonchev–Trinajstić information content (AvgIpc) is 3.49. The number of ether oxygens (including phenoxy) is 1. The Hall–Kier alpha value is -4.21. The maximum atomic E-state index is 13.3. The number of nitrogens with zero attached hydrogens (tertiary/aromatic N) is 5. The van der Waals surface area contributed by atoms with Crippen molar-refractivity contribution in [2.75, 3.05) is 18.6 Å². The summed E-state index contributed by atoms with van der Waals surface area (Å²) in [7, 11) is 1.60. The number of hydrogen-bond donors (Lipinski definition) is 1. The van der Waals surface area contributed by atoms with Gasteiger partial charge in [-0.25, -0.2) is 4.68 Å². The Labute approximate surface area is 208 Å². The summed E-state index contributed by atoms with van der Waals surface area (Å²) in [6, 6.07) is 14.7. The summed E-state index contributed by atoms with van der Waals surface area (Å²) in [5.41, 5.74) is 1.91. The third kappa shape index (κ3) is 4.19. The van der Waals surface area contributed by atoms with E-state index in [1.807, 2.05) is 43.3 Å². The van der Waals surface area contributed by atoms with Gasteiger partial charge in [-0.05, 0) is 44.0 Å². The molecule has 0 saturated carbocycles. The molecule has 2 aliphatic heterocycles. The Bertz CT molecular complexity index is 1320. The minimum absolute atomic E-state index is 0.0159. The predicted molar refractivity (Wildman–Crippen MR) is 132 cm³/mol. The van der Waals surface area contributed by atoms with Crippen molar-refractivity contribution >= 4 is 23.4 Å². The number of nitrogens with one attached hydrogen (secondary N) is 1. The number of rotatable bonds is 8. The van der Waals surface area contributed by atoms with Crippen LogP contribution in [0.15, 0.2) is 54.7 Å². The number of anilines is 1. The van der Waals surface area contributed by atoms with Crippen LogP contribution in [0.5, 0.6) is 5.75 Å². The fourth-order valence-corrected chi connectivity index (χ4v) is 4.98. The third-order valence-electron chi connectivity index (χ3n) is 6.86. The molecule has 0 radical (unpaired) electrons. The molecule has 0 aliphatic carbocycles. The summed E-state index contributed by atoms with van der Waals surface area (Å²) in [6.45, 7) is 2.56. The lowest BCUT2D eigenvalue weighted by molar-refractivity contribution is -0.121. The molecule has 1 atom stereocenters. The minimum atomic E-state index is -0.711. The normalized spacial score (nSPS) is 18.7. The smallest absolute Gasteiger partial charge is 0.257 e. The van der Waals surface area contributed by atoms with E-state index in [1.54, 1.807) is 39.9 Å². The van der Waals surface area contributed by atoms with E-state index in [1.165, 1.54) is 0 Å². The Morgan fingerprint density at radius 3 is 2.83 bits per heavy atom. The highest BCUT2D eigenvalue weighted by Gasteiger charge is 2.52. The lowest BCUT2D eigenvalue weighted by atomic mass is 9.98. The van der Waals surface area contributed by atoms with Crippen molar-refractivity contribution < 1.29 is 19.1 Å². The van der Waals surface area contributed by atoms with Crippen molar-refractivity contribution in [1.29, 1.82) is 0 Å². The van der Waals surface area contributed by atoms with E-state index >= 15 is 0 Å². The van der Waals surface area contributed by atoms with E-state index in [4.69, 9.17) is 4.74 Å². The molecule has 10 nitrogen and oxygen atoms in total. The number of aromatic nitrogens is 3. The zero-order valence-corrected chi connectivity index (χ0v) is 20.3. The molecule has 2 aliphatic rings. The zero-order chi connectivity index (χ0) is 25.3. The highest BCUT2D eigenvalue weighted by Crippen LogP contribution is 2.44. The van der Waals surface area contributed by atoms with Crippen molar-refractivity contribution in [3.8, 4) is 11.4 Å². The van der Waals surface area contributed by atoms with Gasteiger partial charge in [0.1, 0.15) is 17.1 Å². The molecule has 5 rings (SSSR count). The third-order valence-corrected chi connectivity index (χ3v) is 6.86. The van der Waals surface area contributed by atoms with E-state index in [0.29, 0.717) is 48.5 Å². The largest absolute Gasteiger partial charge is 0.497 e. The molecule has 0 unspecified atom stereocenters. The molecule has 2 aromatic carbocycles. The van der Waals surface area contributed by atoms with Gasteiger partial charge in [-0.3, -0.25) is 19.3 Å². The molecule has 3 amide bonds. The zero-order valence-electron chi connectivity index (χ0n) is 20.3. The fourth-order valence-electron chi connectivity index (χ4n) is 4.98. The topological polar surface area (TPSA) is 110 Å². The molecule has 3 heterocycles. The molecular formula is C26H28N6O4. The lowest BCUT2D eigenvalue weighted by Crippen LogP contribution is -2.62. The number of carbonyl (C=O) groups excluding carboxylic acids is 3. The molecule has 0 bridgehead atoms. The summed E-state index contributed by atoms with van der Waals surface area (Å²) in [5.74, 6) is 0.489. The van der Waals surface area contributed by atoms with Crippen LogP contribution in [0.1, 0.15) is 48.7 Å². The highest BCUT2D eigenvalue weighted by molar-refractivity contribution is 6.10. The monoisotopic (exact) mass is 488 g/mol. The first kappa shape index (κ1) is 23.5. The number of benzene rings is 2. The Kier molecular flexibility index (Phi) is 6.17. The van der Waals surface area contributed by atoms with Gasteiger partial charge in [0.05, 0.1) is 36.8 Å². The van der Waals surface area contributed by atoms with Crippen LogP contribution in [0, 0.1) is 0 Å². The SMILES string of the molecule is COc1cccc(-n2cc(CNC(=O)CCCN3C(=O)c4ccccc4N4C(=O)CC[C@@]34C)nn2)c1. The van der Waals surface area contributed by atoms with Gasteiger partial charge in [0.2, 0.25) is 11.8 Å². The summed E-state index contributed by atoms with van der Waals surface area (Å²) in [5, 5.41) is 11.1. The van der Waals surface area contributed by atoms with Gasteiger partial charge in [-0.15, -0.1) is 5.10 Å². The second-order valence-corrected chi connectivity index (χ2v) is 9.16. The molecule has 186 valence electrons. The Morgan fingerprint density at radius 2 is 2.00 bits per heavy atom. The summed E-state index contributed by atoms with van der Waals surface area (Å²) < 4.78 is 6.86. The van der Waals surface area contributed by atoms with E-state index < -0.39 is 5.66 Å². The van der Waals surface area contributed by atoms with Crippen LogP contribution < -0.4 is 15.0 Å². The molecule has 0 spiro atoms.